The Morgan fingerprint density at radius 2 is 1.19 bits per heavy atom. The minimum atomic E-state index is -0.847. The lowest BCUT2D eigenvalue weighted by Crippen LogP contribution is -2.44. The molecule has 0 saturated heterocycles. The number of carbonyl (C=O) groups is 6. The Balaban J connectivity index is 4.72. The van der Waals surface area contributed by atoms with Crippen LogP contribution in [0.3, 0.4) is 0 Å². The van der Waals surface area contributed by atoms with Crippen LogP contribution in [0.25, 0.3) is 0 Å². The van der Waals surface area contributed by atoms with Crippen molar-refractivity contribution in [2.75, 3.05) is 0 Å². The van der Waals surface area contributed by atoms with E-state index in [1.54, 1.807) is 0 Å². The summed E-state index contributed by atoms with van der Waals surface area (Å²) in [5.41, 5.74) is 0. The van der Waals surface area contributed by atoms with Crippen molar-refractivity contribution in [1.29, 1.82) is 0 Å². The first-order valence-electron chi connectivity index (χ1n) is 13.1. The maximum atomic E-state index is 12.4. The Morgan fingerprint density at radius 3 is 1.67 bits per heavy atom. The summed E-state index contributed by atoms with van der Waals surface area (Å²) in [5, 5.41) is 8.47. The second-order valence-electron chi connectivity index (χ2n) is 10.6. The van der Waals surface area contributed by atoms with Gasteiger partial charge in [-0.2, -0.15) is 0 Å². The molecule has 0 bridgehead atoms. The van der Waals surface area contributed by atoms with E-state index in [4.69, 9.17) is 0 Å². The molecule has 0 fully saturated rings. The summed E-state index contributed by atoms with van der Waals surface area (Å²) in [6, 6.07) is -1.91. The van der Waals surface area contributed by atoms with Crippen molar-refractivity contribution < 1.29 is 28.8 Å². The maximum Gasteiger partial charge on any atom is 0.220 e. The van der Waals surface area contributed by atoms with Gasteiger partial charge in [-0.05, 0) is 32.6 Å². The van der Waals surface area contributed by atoms with Crippen LogP contribution in [-0.4, -0.2) is 59.6 Å². The van der Waals surface area contributed by atoms with E-state index < -0.39 is 24.0 Å². The summed E-state index contributed by atoms with van der Waals surface area (Å²) in [7, 11) is 0. The van der Waals surface area contributed by atoms with Gasteiger partial charge >= 0.3 is 0 Å². The average Bonchev–Trinajstić information content (AvgIpc) is 2.79. The molecule has 0 aliphatic heterocycles. The summed E-state index contributed by atoms with van der Waals surface area (Å²) in [6.45, 7) is 14.3. The lowest BCUT2D eigenvalue weighted by atomic mass is 9.91. The molecule has 0 aliphatic carbocycles. The van der Waals surface area contributed by atoms with Crippen LogP contribution in [0.2, 0.25) is 0 Å². The molecular weight excluding hydrogens is 462 g/mol. The van der Waals surface area contributed by atoms with E-state index >= 15 is 0 Å². The normalized spacial score (nSPS) is 14.8. The number of ketones is 3. The fourth-order valence-corrected chi connectivity index (χ4v) is 3.90. The molecule has 9 nitrogen and oxygen atoms in total. The van der Waals surface area contributed by atoms with E-state index in [0.29, 0.717) is 25.5 Å². The van der Waals surface area contributed by atoms with Gasteiger partial charge in [0.25, 0.3) is 0 Å². The van der Waals surface area contributed by atoms with Crippen molar-refractivity contribution in [2.24, 2.45) is 17.8 Å². The average molecular weight is 510 g/mol. The van der Waals surface area contributed by atoms with Gasteiger partial charge in [0, 0.05) is 36.6 Å². The zero-order chi connectivity index (χ0) is 28.0. The van der Waals surface area contributed by atoms with Crippen molar-refractivity contribution in [2.45, 2.75) is 118 Å². The summed E-state index contributed by atoms with van der Waals surface area (Å²) >= 11 is 0. The number of hydrogen-bond acceptors (Lipinski definition) is 7. The van der Waals surface area contributed by atoms with Crippen LogP contribution in [-0.2, 0) is 28.8 Å². The molecule has 0 radical (unpaired) electrons. The van der Waals surface area contributed by atoms with Gasteiger partial charge in [0.2, 0.25) is 11.8 Å². The van der Waals surface area contributed by atoms with Crippen molar-refractivity contribution in [3.8, 4) is 0 Å². The minimum Gasteiger partial charge on any atom is -0.347 e. The van der Waals surface area contributed by atoms with Crippen LogP contribution in [0.15, 0.2) is 0 Å². The minimum absolute atomic E-state index is 0.0306. The second-order valence-corrected chi connectivity index (χ2v) is 10.6. The third kappa shape index (κ3) is 13.6. The van der Waals surface area contributed by atoms with E-state index in [1.165, 1.54) is 6.92 Å². The van der Waals surface area contributed by atoms with Gasteiger partial charge in [0.15, 0.2) is 11.6 Å². The van der Waals surface area contributed by atoms with Gasteiger partial charge in [0.05, 0.1) is 18.1 Å². The fraction of sp³-hybridized carbons (Fsp3) is 0.778. The van der Waals surface area contributed by atoms with Gasteiger partial charge in [-0.15, -0.1) is 0 Å². The molecule has 9 heteroatoms. The lowest BCUT2D eigenvalue weighted by Gasteiger charge is -2.22. The number of rotatable bonds is 19. The molecule has 0 aromatic rings. The first kappa shape index (κ1) is 33.6. The van der Waals surface area contributed by atoms with Crippen LogP contribution in [0, 0.1) is 17.8 Å². The van der Waals surface area contributed by atoms with E-state index in [9.17, 15) is 28.8 Å². The molecule has 3 N–H and O–H groups in total. The van der Waals surface area contributed by atoms with E-state index in [-0.39, 0.29) is 66.3 Å². The monoisotopic (exact) mass is 509 g/mol. The van der Waals surface area contributed by atoms with Gasteiger partial charge in [0.1, 0.15) is 12.1 Å². The molecule has 0 heterocycles. The summed E-state index contributed by atoms with van der Waals surface area (Å²) in [5.74, 6) is -1.28. The maximum absolute atomic E-state index is 12.4. The van der Waals surface area contributed by atoms with E-state index in [0.717, 1.165) is 0 Å². The highest BCUT2D eigenvalue weighted by molar-refractivity contribution is 5.88. The van der Waals surface area contributed by atoms with Crippen LogP contribution < -0.4 is 16.0 Å². The fourth-order valence-electron chi connectivity index (χ4n) is 3.90. The molecule has 0 saturated carbocycles. The molecule has 0 rings (SSSR count). The van der Waals surface area contributed by atoms with Crippen LogP contribution in [0.5, 0.6) is 0 Å². The summed E-state index contributed by atoms with van der Waals surface area (Å²) in [6.07, 6.45) is 1.85. The smallest absolute Gasteiger partial charge is 0.220 e. The van der Waals surface area contributed by atoms with Gasteiger partial charge < -0.3 is 20.7 Å². The first-order valence-corrected chi connectivity index (χ1v) is 13.1. The zero-order valence-electron chi connectivity index (χ0n) is 23.3. The summed E-state index contributed by atoms with van der Waals surface area (Å²) < 4.78 is 0. The number of carbonyl (C=O) groups excluding carboxylic acids is 6. The molecule has 0 aromatic carbocycles. The SMILES string of the molecule is CC(=O)C(CCC(C)C(=O)C(C)C)NC(=O)CCC(C=O)NC(=O)CCC(NC(C)C)C(=O)C(C)C. The Kier molecular flexibility index (Phi) is 16.0. The molecule has 0 aromatic heterocycles. The van der Waals surface area contributed by atoms with Crippen molar-refractivity contribution in [3.05, 3.63) is 0 Å². The third-order valence-corrected chi connectivity index (χ3v) is 6.07. The highest BCUT2D eigenvalue weighted by Gasteiger charge is 2.24. The number of hydrogen-bond donors (Lipinski definition) is 3. The van der Waals surface area contributed by atoms with Crippen LogP contribution in [0.1, 0.15) is 93.9 Å². The van der Waals surface area contributed by atoms with E-state index in [1.807, 2.05) is 48.5 Å². The number of aldehydes is 1. The molecule has 36 heavy (non-hydrogen) atoms. The molecule has 4 unspecified atom stereocenters. The predicted molar refractivity (Wildman–Crippen MR) is 139 cm³/mol. The Morgan fingerprint density at radius 1 is 0.667 bits per heavy atom. The van der Waals surface area contributed by atoms with Gasteiger partial charge in [-0.1, -0.05) is 48.5 Å². The van der Waals surface area contributed by atoms with Crippen molar-refractivity contribution >= 4 is 35.5 Å². The van der Waals surface area contributed by atoms with Crippen molar-refractivity contribution in [3.63, 3.8) is 0 Å². The van der Waals surface area contributed by atoms with Crippen LogP contribution >= 0.6 is 0 Å². The third-order valence-electron chi connectivity index (χ3n) is 6.07. The quantitative estimate of drug-likeness (QED) is 0.227. The molecule has 206 valence electrons. The van der Waals surface area contributed by atoms with E-state index in [2.05, 4.69) is 16.0 Å². The highest BCUT2D eigenvalue weighted by Crippen LogP contribution is 2.15. The predicted octanol–water partition coefficient (Wildman–Crippen LogP) is 2.54. The second kappa shape index (κ2) is 17.1. The molecule has 2 amide bonds. The number of Topliss-reactive ketones (excluding diaryl/α,β-unsaturated/α-hetero) is 3. The zero-order valence-corrected chi connectivity index (χ0v) is 23.3. The molecular formula is C27H47N3O6. The van der Waals surface area contributed by atoms with Gasteiger partial charge in [-0.25, -0.2) is 0 Å². The largest absolute Gasteiger partial charge is 0.347 e. The first-order chi connectivity index (χ1) is 16.7. The molecule has 0 aliphatic rings. The Hall–Kier alpha value is -2.42. The van der Waals surface area contributed by atoms with Crippen molar-refractivity contribution in [1.82, 2.24) is 16.0 Å². The standard InChI is InChI=1S/C27H47N3O6/c1-16(2)26(35)19(7)9-11-22(20(8)32)30-25(34)13-10-21(15-31)29-24(33)14-12-23(28-18(5)6)27(36)17(3)4/h15-19,21-23,28H,9-14H2,1-8H3,(H,29,33)(H,30,34). The topological polar surface area (TPSA) is 139 Å². The lowest BCUT2D eigenvalue weighted by molar-refractivity contribution is -0.128. The van der Waals surface area contributed by atoms with Crippen LogP contribution in [0.4, 0.5) is 0 Å². The molecule has 0 spiro atoms. The Labute approximate surface area is 216 Å². The number of nitrogens with one attached hydrogen (secondary N) is 3. The number of amides is 2. The summed E-state index contributed by atoms with van der Waals surface area (Å²) in [4.78, 5) is 72.7. The Bertz CT molecular complexity index is 763. The molecule has 4 atom stereocenters. The van der Waals surface area contributed by atoms with Gasteiger partial charge in [-0.3, -0.25) is 24.0 Å². The highest BCUT2D eigenvalue weighted by atomic mass is 16.2.